The average Bonchev–Trinajstić information content (AvgIpc) is 2.93. The molecule has 3 aromatic rings. The fraction of sp³-hybridized carbons (Fsp3) is 0.310. The number of aryl methyl sites for hydroxylation is 1. The molecule has 208 valence electrons. The summed E-state index contributed by atoms with van der Waals surface area (Å²) in [5, 5.41) is 2.60. The van der Waals surface area contributed by atoms with E-state index in [1.165, 1.54) is 11.9 Å². The molecule has 0 fully saturated rings. The summed E-state index contributed by atoms with van der Waals surface area (Å²) in [6.45, 7) is 5.50. The average molecular weight is 556 g/mol. The van der Waals surface area contributed by atoms with Gasteiger partial charge < -0.3 is 15.0 Å². The maximum Gasteiger partial charge on any atom is 0.264 e. The highest BCUT2D eigenvalue weighted by Crippen LogP contribution is 2.27. The zero-order valence-corrected chi connectivity index (χ0v) is 23.4. The monoisotopic (exact) mass is 555 g/mol. The van der Waals surface area contributed by atoms with Gasteiger partial charge in [-0.05, 0) is 79.9 Å². The molecule has 1 unspecified atom stereocenters. The highest BCUT2D eigenvalue weighted by molar-refractivity contribution is 7.92. The van der Waals surface area contributed by atoms with Crippen LogP contribution in [0.2, 0.25) is 0 Å². The maximum absolute atomic E-state index is 13.9. The van der Waals surface area contributed by atoms with E-state index in [9.17, 15) is 22.4 Å². The van der Waals surface area contributed by atoms with Crippen molar-refractivity contribution in [3.05, 3.63) is 89.7 Å². The van der Waals surface area contributed by atoms with Crippen molar-refractivity contribution in [1.82, 2.24) is 10.2 Å². The lowest BCUT2D eigenvalue weighted by molar-refractivity contribution is -0.140. The van der Waals surface area contributed by atoms with E-state index in [1.807, 2.05) is 38.1 Å². The van der Waals surface area contributed by atoms with Gasteiger partial charge in [0.15, 0.2) is 0 Å². The Morgan fingerprint density at radius 2 is 1.62 bits per heavy atom. The van der Waals surface area contributed by atoms with Crippen LogP contribution in [-0.4, -0.2) is 51.4 Å². The fourth-order valence-electron chi connectivity index (χ4n) is 4.19. The van der Waals surface area contributed by atoms with Crippen LogP contribution >= 0.6 is 0 Å². The van der Waals surface area contributed by atoms with Crippen molar-refractivity contribution in [3.8, 4) is 5.75 Å². The van der Waals surface area contributed by atoms with Gasteiger partial charge in [0, 0.05) is 13.6 Å². The van der Waals surface area contributed by atoms with Gasteiger partial charge in [0.05, 0.1) is 17.2 Å². The van der Waals surface area contributed by atoms with Crippen molar-refractivity contribution in [3.63, 3.8) is 0 Å². The Labute approximate surface area is 229 Å². The Morgan fingerprint density at radius 1 is 0.974 bits per heavy atom. The summed E-state index contributed by atoms with van der Waals surface area (Å²) in [5.74, 6) is -0.960. The van der Waals surface area contributed by atoms with Gasteiger partial charge in [-0.1, -0.05) is 31.2 Å². The molecule has 10 heteroatoms. The molecule has 0 bridgehead atoms. The van der Waals surface area contributed by atoms with Gasteiger partial charge in [0.25, 0.3) is 10.0 Å². The lowest BCUT2D eigenvalue weighted by Crippen LogP contribution is -2.51. The Hall–Kier alpha value is -3.92. The molecule has 3 aromatic carbocycles. The fourth-order valence-corrected chi connectivity index (χ4v) is 5.61. The van der Waals surface area contributed by atoms with Gasteiger partial charge in [-0.2, -0.15) is 0 Å². The minimum atomic E-state index is -4.29. The van der Waals surface area contributed by atoms with Crippen LogP contribution in [0.1, 0.15) is 31.4 Å². The number of hydrogen-bond acceptors (Lipinski definition) is 5. The van der Waals surface area contributed by atoms with Gasteiger partial charge in [-0.15, -0.1) is 0 Å². The normalized spacial score (nSPS) is 11.9. The van der Waals surface area contributed by atoms with Gasteiger partial charge in [-0.3, -0.25) is 13.9 Å². The van der Waals surface area contributed by atoms with Gasteiger partial charge in [-0.25, -0.2) is 12.8 Å². The van der Waals surface area contributed by atoms with E-state index in [4.69, 9.17) is 4.74 Å². The summed E-state index contributed by atoms with van der Waals surface area (Å²) in [4.78, 5) is 27.9. The third-order valence-corrected chi connectivity index (χ3v) is 8.14. The molecule has 3 rings (SSSR count). The van der Waals surface area contributed by atoms with Crippen LogP contribution in [0.25, 0.3) is 0 Å². The minimum absolute atomic E-state index is 0.116. The Balaban J connectivity index is 2.07. The predicted molar refractivity (Wildman–Crippen MR) is 148 cm³/mol. The van der Waals surface area contributed by atoms with Crippen LogP contribution in [0.15, 0.2) is 77.7 Å². The van der Waals surface area contributed by atoms with Gasteiger partial charge >= 0.3 is 0 Å². The first-order valence-corrected chi connectivity index (χ1v) is 14.1. The zero-order valence-electron chi connectivity index (χ0n) is 22.6. The van der Waals surface area contributed by atoms with Crippen molar-refractivity contribution >= 4 is 27.5 Å². The van der Waals surface area contributed by atoms with Gasteiger partial charge in [0.2, 0.25) is 11.8 Å². The first kappa shape index (κ1) is 29.6. The summed E-state index contributed by atoms with van der Waals surface area (Å²) >= 11 is 0. The lowest BCUT2D eigenvalue weighted by Gasteiger charge is -2.33. The number of benzene rings is 3. The van der Waals surface area contributed by atoms with Crippen molar-refractivity contribution < 1.29 is 27.1 Å². The van der Waals surface area contributed by atoms with Gasteiger partial charge in [0.1, 0.15) is 24.2 Å². The molecule has 0 aromatic heterocycles. The molecule has 1 N–H and O–H groups in total. The number of ether oxygens (including phenoxy) is 1. The quantitative estimate of drug-likeness (QED) is 0.360. The highest BCUT2D eigenvalue weighted by atomic mass is 32.2. The molecule has 0 spiro atoms. The molecule has 0 saturated carbocycles. The smallest absolute Gasteiger partial charge is 0.264 e. The van der Waals surface area contributed by atoms with E-state index in [0.717, 1.165) is 39.7 Å². The SMILES string of the molecule is CCOc1ccc(N(CC(=O)N(Cc2ccccc2C)C(CC)C(=O)NC)S(=O)(=O)c2ccc(F)cc2)cc1. The van der Waals surface area contributed by atoms with Crippen molar-refractivity contribution in [2.75, 3.05) is 24.5 Å². The number of likely N-dealkylation sites (N-methyl/N-ethyl adjacent to an activating group) is 1. The molecule has 39 heavy (non-hydrogen) atoms. The Bertz CT molecular complexity index is 1380. The lowest BCUT2D eigenvalue weighted by atomic mass is 10.1. The number of amides is 2. The first-order chi connectivity index (χ1) is 18.6. The predicted octanol–water partition coefficient (Wildman–Crippen LogP) is 4.28. The van der Waals surface area contributed by atoms with E-state index >= 15 is 0 Å². The maximum atomic E-state index is 13.9. The second-order valence-corrected chi connectivity index (χ2v) is 10.7. The third kappa shape index (κ3) is 7.14. The van der Waals surface area contributed by atoms with Crippen LogP contribution in [-0.2, 0) is 26.2 Å². The molecule has 2 amide bonds. The number of nitrogens with zero attached hydrogens (tertiary/aromatic N) is 2. The molecule has 0 heterocycles. The number of hydrogen-bond donors (Lipinski definition) is 1. The second kappa shape index (κ2) is 13.2. The minimum Gasteiger partial charge on any atom is -0.494 e. The Kier molecular flexibility index (Phi) is 10.1. The van der Waals surface area contributed by atoms with Crippen LogP contribution in [0, 0.1) is 12.7 Å². The third-order valence-electron chi connectivity index (χ3n) is 6.35. The van der Waals surface area contributed by atoms with E-state index in [1.54, 1.807) is 31.2 Å². The number of rotatable bonds is 12. The Morgan fingerprint density at radius 3 is 2.18 bits per heavy atom. The summed E-state index contributed by atoms with van der Waals surface area (Å²) < 4.78 is 47.6. The van der Waals surface area contributed by atoms with E-state index in [2.05, 4.69) is 5.32 Å². The molecule has 0 aliphatic carbocycles. The molecular formula is C29H34FN3O5S. The second-order valence-electron chi connectivity index (χ2n) is 8.88. The summed E-state index contributed by atoms with van der Waals surface area (Å²) in [7, 11) is -2.79. The highest BCUT2D eigenvalue weighted by Gasteiger charge is 2.33. The largest absolute Gasteiger partial charge is 0.494 e. The van der Waals surface area contributed by atoms with E-state index in [0.29, 0.717) is 18.8 Å². The number of carbonyl (C=O) groups excluding carboxylic acids is 2. The standard InChI is InChI=1S/C29H34FN3O5S/c1-5-27(29(35)31-4)32(19-22-10-8-7-9-21(22)3)28(34)20-33(24-13-15-25(16-14-24)38-6-2)39(36,37)26-17-11-23(30)12-18-26/h7-18,27H,5-6,19-20H2,1-4H3,(H,31,35). The van der Waals surface area contributed by atoms with Crippen LogP contribution in [0.5, 0.6) is 5.75 Å². The number of nitrogens with one attached hydrogen (secondary N) is 1. The first-order valence-electron chi connectivity index (χ1n) is 12.7. The molecule has 0 radical (unpaired) electrons. The molecule has 8 nitrogen and oxygen atoms in total. The summed E-state index contributed by atoms with van der Waals surface area (Å²) in [5.41, 5.74) is 1.99. The molecule has 1 atom stereocenters. The molecule has 0 saturated heterocycles. The van der Waals surface area contributed by atoms with Crippen LogP contribution < -0.4 is 14.4 Å². The number of anilines is 1. The summed E-state index contributed by atoms with van der Waals surface area (Å²) in [6, 6.07) is 17.4. The molecule has 0 aliphatic rings. The molecular weight excluding hydrogens is 521 g/mol. The van der Waals surface area contributed by atoms with Crippen molar-refractivity contribution in [2.45, 2.75) is 44.7 Å². The number of halogens is 1. The topological polar surface area (TPSA) is 96.0 Å². The van der Waals surface area contributed by atoms with Crippen molar-refractivity contribution in [2.24, 2.45) is 0 Å². The van der Waals surface area contributed by atoms with Crippen LogP contribution in [0.3, 0.4) is 0 Å². The summed E-state index contributed by atoms with van der Waals surface area (Å²) in [6.07, 6.45) is 0.324. The van der Waals surface area contributed by atoms with E-state index in [-0.39, 0.29) is 23.0 Å². The van der Waals surface area contributed by atoms with Crippen molar-refractivity contribution in [1.29, 1.82) is 0 Å². The van der Waals surface area contributed by atoms with E-state index < -0.39 is 34.3 Å². The van der Waals surface area contributed by atoms with Crippen LogP contribution in [0.4, 0.5) is 10.1 Å². The number of sulfonamides is 1. The number of carbonyl (C=O) groups is 2. The zero-order chi connectivity index (χ0) is 28.6. The molecule has 0 aliphatic heterocycles.